The average Bonchev–Trinajstić information content (AvgIpc) is 3.08. The third kappa shape index (κ3) is 4.08. The van der Waals surface area contributed by atoms with Crippen molar-refractivity contribution in [2.45, 2.75) is 6.92 Å². The zero-order chi connectivity index (χ0) is 22.9. The maximum atomic E-state index is 13.3. The number of amides is 1. The van der Waals surface area contributed by atoms with E-state index < -0.39 is 0 Å². The van der Waals surface area contributed by atoms with Crippen LogP contribution in [0.15, 0.2) is 82.4 Å². The minimum Gasteiger partial charge on any atom is -0.383 e. The van der Waals surface area contributed by atoms with Gasteiger partial charge in [-0.25, -0.2) is 9.97 Å². The van der Waals surface area contributed by atoms with Gasteiger partial charge in [-0.05, 0) is 48.9 Å². The van der Waals surface area contributed by atoms with E-state index in [0.29, 0.717) is 27.9 Å². The highest BCUT2D eigenvalue weighted by Gasteiger charge is 2.24. The summed E-state index contributed by atoms with van der Waals surface area (Å²) in [5.41, 5.74) is 11.5. The van der Waals surface area contributed by atoms with E-state index in [4.69, 9.17) is 15.7 Å². The Kier molecular flexibility index (Phi) is 5.35. The first kappa shape index (κ1) is 20.8. The Balaban J connectivity index is 1.66. The summed E-state index contributed by atoms with van der Waals surface area (Å²) in [6, 6.07) is 22.7. The van der Waals surface area contributed by atoms with Gasteiger partial charge in [-0.2, -0.15) is 9.78 Å². The molecule has 3 N–H and O–H groups in total. The number of nitrogens with one attached hydrogen (secondary N) is 1. The molecule has 8 heteroatoms. The smallest absolute Gasteiger partial charge is 0.261 e. The number of aromatic nitrogens is 3. The summed E-state index contributed by atoms with van der Waals surface area (Å²) < 4.78 is 2.39. The molecule has 1 amide bonds. The van der Waals surface area contributed by atoms with Gasteiger partial charge in [0.2, 0.25) is 0 Å². The number of anilines is 2. The molecule has 0 saturated heterocycles. The van der Waals surface area contributed by atoms with E-state index in [0.717, 1.165) is 15.6 Å². The predicted molar refractivity (Wildman–Crippen MR) is 136 cm³/mol. The highest BCUT2D eigenvalue weighted by atomic mass is 79.9. The SMILES string of the molecule is Cc1ccc(NC(=O)c2c(N)n(N=Cc3cccc(Br)c3)c3nc4ccccc4nc23)cc1. The van der Waals surface area contributed by atoms with Gasteiger partial charge in [0.1, 0.15) is 16.9 Å². The van der Waals surface area contributed by atoms with Gasteiger partial charge in [0, 0.05) is 10.2 Å². The van der Waals surface area contributed by atoms with Crippen LogP contribution >= 0.6 is 15.9 Å². The molecule has 3 aromatic carbocycles. The quantitative estimate of drug-likeness (QED) is 0.325. The van der Waals surface area contributed by atoms with Gasteiger partial charge in [-0.1, -0.05) is 57.9 Å². The van der Waals surface area contributed by atoms with Gasteiger partial charge >= 0.3 is 0 Å². The van der Waals surface area contributed by atoms with Gasteiger partial charge < -0.3 is 11.1 Å². The number of nitrogen functional groups attached to an aromatic ring is 1. The summed E-state index contributed by atoms with van der Waals surface area (Å²) in [6.45, 7) is 1.99. The molecule has 2 heterocycles. The fourth-order valence-electron chi connectivity index (χ4n) is 3.53. The van der Waals surface area contributed by atoms with E-state index in [9.17, 15) is 4.79 Å². The summed E-state index contributed by atoms with van der Waals surface area (Å²) in [5.74, 6) is -0.210. The number of rotatable bonds is 4. The van der Waals surface area contributed by atoms with E-state index in [1.54, 1.807) is 6.21 Å². The van der Waals surface area contributed by atoms with E-state index in [-0.39, 0.29) is 17.3 Å². The molecule has 0 bridgehead atoms. The van der Waals surface area contributed by atoms with E-state index in [1.165, 1.54) is 4.68 Å². The molecule has 0 aliphatic heterocycles. The Morgan fingerprint density at radius 2 is 1.76 bits per heavy atom. The minimum absolute atomic E-state index is 0.163. The zero-order valence-electron chi connectivity index (χ0n) is 17.7. The van der Waals surface area contributed by atoms with Gasteiger partial charge in [-0.15, -0.1) is 0 Å². The topological polar surface area (TPSA) is 98.2 Å². The Morgan fingerprint density at radius 3 is 2.48 bits per heavy atom. The van der Waals surface area contributed by atoms with Crippen LogP contribution in [-0.2, 0) is 0 Å². The molecule has 162 valence electrons. The van der Waals surface area contributed by atoms with Crippen LogP contribution in [-0.4, -0.2) is 26.8 Å². The van der Waals surface area contributed by atoms with Crippen molar-refractivity contribution in [1.82, 2.24) is 14.6 Å². The van der Waals surface area contributed by atoms with Crippen LogP contribution in [0.4, 0.5) is 11.5 Å². The van der Waals surface area contributed by atoms with Crippen molar-refractivity contribution in [2.24, 2.45) is 5.10 Å². The molecular weight excluding hydrogens is 480 g/mol. The summed E-state index contributed by atoms with van der Waals surface area (Å²) in [7, 11) is 0. The second kappa shape index (κ2) is 8.48. The van der Waals surface area contributed by atoms with Crippen molar-refractivity contribution in [3.63, 3.8) is 0 Å². The first-order chi connectivity index (χ1) is 16.0. The standard InChI is InChI=1S/C25H19BrN6O/c1-15-9-11-18(12-10-15)29-25(33)21-22-24(31-20-8-3-2-7-19(20)30-22)32(23(21)27)28-14-16-5-4-6-17(26)13-16/h2-14H,27H2,1H3,(H,29,33). The summed E-state index contributed by atoms with van der Waals surface area (Å²) in [5, 5.41) is 7.44. The molecule has 5 rings (SSSR count). The molecule has 0 saturated carbocycles. The lowest BCUT2D eigenvalue weighted by Crippen LogP contribution is -2.14. The Hall–Kier alpha value is -4.04. The first-order valence-corrected chi connectivity index (χ1v) is 11.0. The highest BCUT2D eigenvalue weighted by Crippen LogP contribution is 2.28. The largest absolute Gasteiger partial charge is 0.383 e. The molecule has 0 radical (unpaired) electrons. The molecule has 2 aromatic heterocycles. The third-order valence-electron chi connectivity index (χ3n) is 5.18. The molecular formula is C25H19BrN6O. The number of carbonyl (C=O) groups excluding carboxylic acids is 1. The Labute approximate surface area is 198 Å². The van der Waals surface area contributed by atoms with Gasteiger partial charge in [0.15, 0.2) is 5.65 Å². The summed E-state index contributed by atoms with van der Waals surface area (Å²) in [4.78, 5) is 22.7. The normalized spacial score (nSPS) is 11.5. The van der Waals surface area contributed by atoms with Crippen LogP contribution in [0.3, 0.4) is 0 Å². The van der Waals surface area contributed by atoms with Crippen molar-refractivity contribution < 1.29 is 4.79 Å². The maximum absolute atomic E-state index is 13.3. The zero-order valence-corrected chi connectivity index (χ0v) is 19.2. The third-order valence-corrected chi connectivity index (χ3v) is 5.67. The van der Waals surface area contributed by atoms with Crippen LogP contribution in [0.2, 0.25) is 0 Å². The Bertz CT molecular complexity index is 1540. The number of aryl methyl sites for hydroxylation is 1. The van der Waals surface area contributed by atoms with Gasteiger partial charge in [0.05, 0.1) is 17.2 Å². The van der Waals surface area contributed by atoms with Crippen LogP contribution < -0.4 is 11.1 Å². The van der Waals surface area contributed by atoms with E-state index in [2.05, 4.69) is 26.3 Å². The van der Waals surface area contributed by atoms with Crippen molar-refractivity contribution >= 4 is 61.8 Å². The number of carbonyl (C=O) groups is 1. The number of nitrogens with zero attached hydrogens (tertiary/aromatic N) is 4. The fraction of sp³-hybridized carbons (Fsp3) is 0.0400. The monoisotopic (exact) mass is 498 g/mol. The molecule has 33 heavy (non-hydrogen) atoms. The lowest BCUT2D eigenvalue weighted by Gasteiger charge is -2.06. The summed E-state index contributed by atoms with van der Waals surface area (Å²) in [6.07, 6.45) is 1.67. The number of nitrogens with two attached hydrogens (primary N) is 1. The highest BCUT2D eigenvalue weighted by molar-refractivity contribution is 9.10. The van der Waals surface area contributed by atoms with E-state index >= 15 is 0 Å². The van der Waals surface area contributed by atoms with Crippen LogP contribution in [0.1, 0.15) is 21.5 Å². The maximum Gasteiger partial charge on any atom is 0.261 e. The first-order valence-electron chi connectivity index (χ1n) is 10.2. The average molecular weight is 499 g/mol. The van der Waals surface area contributed by atoms with Crippen molar-refractivity contribution in [1.29, 1.82) is 0 Å². The van der Waals surface area contributed by atoms with Crippen LogP contribution in [0, 0.1) is 6.92 Å². The molecule has 0 atom stereocenters. The number of hydrogen-bond acceptors (Lipinski definition) is 5. The summed E-state index contributed by atoms with van der Waals surface area (Å²) >= 11 is 3.46. The molecule has 0 aliphatic carbocycles. The number of halogens is 1. The van der Waals surface area contributed by atoms with Crippen LogP contribution in [0.25, 0.3) is 22.2 Å². The van der Waals surface area contributed by atoms with E-state index in [1.807, 2.05) is 79.7 Å². The van der Waals surface area contributed by atoms with Gasteiger partial charge in [0.25, 0.3) is 5.91 Å². The molecule has 7 nitrogen and oxygen atoms in total. The van der Waals surface area contributed by atoms with Crippen molar-refractivity contribution in [2.75, 3.05) is 11.1 Å². The molecule has 0 spiro atoms. The molecule has 0 unspecified atom stereocenters. The number of benzene rings is 3. The van der Waals surface area contributed by atoms with Crippen molar-refractivity contribution in [3.8, 4) is 0 Å². The molecule has 0 aliphatic rings. The van der Waals surface area contributed by atoms with Gasteiger partial charge in [-0.3, -0.25) is 4.79 Å². The number of para-hydroxylation sites is 2. The van der Waals surface area contributed by atoms with Crippen molar-refractivity contribution in [3.05, 3.63) is 94.0 Å². The lowest BCUT2D eigenvalue weighted by molar-refractivity contribution is 0.102. The molecule has 5 aromatic rings. The molecule has 0 fully saturated rings. The second-order valence-corrected chi connectivity index (χ2v) is 8.49. The predicted octanol–water partition coefficient (Wildman–Crippen LogP) is 5.37. The second-order valence-electron chi connectivity index (χ2n) is 7.58. The number of fused-ring (bicyclic) bond motifs is 2. The lowest BCUT2D eigenvalue weighted by atomic mass is 10.2. The fourth-order valence-corrected chi connectivity index (χ4v) is 3.95. The minimum atomic E-state index is -0.373. The van der Waals surface area contributed by atoms with Crippen LogP contribution in [0.5, 0.6) is 0 Å². The Morgan fingerprint density at radius 1 is 1.03 bits per heavy atom. The number of hydrogen-bond donors (Lipinski definition) is 2.